The molecule has 0 aliphatic carbocycles. The molecule has 0 aromatic heterocycles. The zero-order valence-corrected chi connectivity index (χ0v) is 11.5. The lowest BCUT2D eigenvalue weighted by atomic mass is 9.92. The SMILES string of the molecule is CC1(NCc2cc(Br)ccc2F)CCOCC1. The molecule has 1 heterocycles. The third kappa shape index (κ3) is 3.50. The minimum Gasteiger partial charge on any atom is -0.381 e. The molecule has 1 aliphatic rings. The standard InChI is InChI=1S/C13H17BrFNO/c1-13(4-6-17-7-5-13)16-9-10-8-11(14)2-3-12(10)15/h2-3,8,16H,4-7,9H2,1H3. The van der Waals surface area contributed by atoms with E-state index >= 15 is 0 Å². The number of halogens is 2. The lowest BCUT2D eigenvalue weighted by Crippen LogP contribution is -2.46. The highest BCUT2D eigenvalue weighted by Crippen LogP contribution is 2.21. The Labute approximate surface area is 110 Å². The minimum absolute atomic E-state index is 0.0625. The smallest absolute Gasteiger partial charge is 0.127 e. The molecule has 0 atom stereocenters. The summed E-state index contributed by atoms with van der Waals surface area (Å²) in [5.41, 5.74) is 0.764. The molecule has 1 N–H and O–H groups in total. The summed E-state index contributed by atoms with van der Waals surface area (Å²) in [6.45, 7) is 4.29. The van der Waals surface area contributed by atoms with Crippen molar-refractivity contribution >= 4 is 15.9 Å². The molecule has 2 rings (SSSR count). The first kappa shape index (κ1) is 13.0. The van der Waals surface area contributed by atoms with Crippen LogP contribution in [0.3, 0.4) is 0 Å². The summed E-state index contributed by atoms with van der Waals surface area (Å²) in [5.74, 6) is -0.156. The molecule has 0 radical (unpaired) electrons. The molecule has 17 heavy (non-hydrogen) atoms. The summed E-state index contributed by atoms with van der Waals surface area (Å²) >= 11 is 3.36. The van der Waals surface area contributed by atoms with Crippen LogP contribution in [0.2, 0.25) is 0 Å². The average molecular weight is 302 g/mol. The van der Waals surface area contributed by atoms with Crippen molar-refractivity contribution in [2.24, 2.45) is 0 Å². The van der Waals surface area contributed by atoms with Gasteiger partial charge in [-0.2, -0.15) is 0 Å². The number of hydrogen-bond donors (Lipinski definition) is 1. The highest BCUT2D eigenvalue weighted by Gasteiger charge is 2.26. The van der Waals surface area contributed by atoms with Gasteiger partial charge in [-0.25, -0.2) is 4.39 Å². The van der Waals surface area contributed by atoms with E-state index in [9.17, 15) is 4.39 Å². The number of hydrogen-bond acceptors (Lipinski definition) is 2. The quantitative estimate of drug-likeness (QED) is 0.925. The van der Waals surface area contributed by atoms with Gasteiger partial charge in [0.15, 0.2) is 0 Å². The maximum absolute atomic E-state index is 13.6. The lowest BCUT2D eigenvalue weighted by Gasteiger charge is -2.34. The van der Waals surface area contributed by atoms with Crippen molar-refractivity contribution in [3.63, 3.8) is 0 Å². The largest absolute Gasteiger partial charge is 0.381 e. The Bertz CT molecular complexity index is 391. The Morgan fingerprint density at radius 3 is 2.82 bits per heavy atom. The van der Waals surface area contributed by atoms with E-state index in [1.165, 1.54) is 6.07 Å². The molecular weight excluding hydrogens is 285 g/mol. The molecule has 1 fully saturated rings. The average Bonchev–Trinajstić information content (AvgIpc) is 2.31. The highest BCUT2D eigenvalue weighted by molar-refractivity contribution is 9.10. The van der Waals surface area contributed by atoms with Gasteiger partial charge in [0.2, 0.25) is 0 Å². The molecule has 0 spiro atoms. The normalized spacial score (nSPS) is 19.2. The second kappa shape index (κ2) is 5.46. The second-order valence-electron chi connectivity index (χ2n) is 4.76. The van der Waals surface area contributed by atoms with E-state index in [-0.39, 0.29) is 11.4 Å². The lowest BCUT2D eigenvalue weighted by molar-refractivity contribution is 0.0445. The number of ether oxygens (including phenoxy) is 1. The van der Waals surface area contributed by atoms with E-state index in [1.54, 1.807) is 6.07 Å². The van der Waals surface area contributed by atoms with E-state index in [0.29, 0.717) is 12.1 Å². The van der Waals surface area contributed by atoms with E-state index in [2.05, 4.69) is 28.2 Å². The predicted molar refractivity (Wildman–Crippen MR) is 69.4 cm³/mol. The van der Waals surface area contributed by atoms with Gasteiger partial charge in [-0.3, -0.25) is 0 Å². The van der Waals surface area contributed by atoms with Gasteiger partial charge < -0.3 is 10.1 Å². The summed E-state index contributed by atoms with van der Waals surface area (Å²) in [5, 5.41) is 3.44. The number of nitrogens with one attached hydrogen (secondary N) is 1. The van der Waals surface area contributed by atoms with Crippen LogP contribution in [0.25, 0.3) is 0 Å². The van der Waals surface area contributed by atoms with Gasteiger partial charge in [0, 0.05) is 35.3 Å². The Morgan fingerprint density at radius 1 is 1.41 bits per heavy atom. The van der Waals surface area contributed by atoms with Gasteiger partial charge in [-0.1, -0.05) is 15.9 Å². The van der Waals surface area contributed by atoms with Gasteiger partial charge in [-0.15, -0.1) is 0 Å². The Kier molecular flexibility index (Phi) is 4.17. The van der Waals surface area contributed by atoms with E-state index in [1.807, 2.05) is 6.07 Å². The van der Waals surface area contributed by atoms with E-state index in [4.69, 9.17) is 4.74 Å². The number of benzene rings is 1. The summed E-state index contributed by atoms with van der Waals surface area (Å²) in [4.78, 5) is 0. The summed E-state index contributed by atoms with van der Waals surface area (Å²) in [6.07, 6.45) is 1.95. The van der Waals surface area contributed by atoms with Crippen LogP contribution >= 0.6 is 15.9 Å². The number of rotatable bonds is 3. The topological polar surface area (TPSA) is 21.3 Å². The van der Waals surface area contributed by atoms with Crippen molar-refractivity contribution in [3.05, 3.63) is 34.1 Å². The van der Waals surface area contributed by atoms with Gasteiger partial charge in [0.25, 0.3) is 0 Å². The Balaban J connectivity index is 1.99. The van der Waals surface area contributed by atoms with Crippen LogP contribution in [-0.2, 0) is 11.3 Å². The molecule has 1 saturated heterocycles. The van der Waals surface area contributed by atoms with Gasteiger partial charge in [0.05, 0.1) is 0 Å². The fourth-order valence-electron chi connectivity index (χ4n) is 1.99. The van der Waals surface area contributed by atoms with Crippen LogP contribution in [-0.4, -0.2) is 18.8 Å². The first-order valence-corrected chi connectivity index (χ1v) is 6.65. The van der Waals surface area contributed by atoms with Crippen molar-refractivity contribution in [3.8, 4) is 0 Å². The van der Waals surface area contributed by atoms with Crippen LogP contribution in [0.1, 0.15) is 25.3 Å². The molecule has 0 unspecified atom stereocenters. The van der Waals surface area contributed by atoms with Crippen molar-refractivity contribution in [2.45, 2.75) is 31.8 Å². The van der Waals surface area contributed by atoms with Crippen LogP contribution < -0.4 is 5.32 Å². The summed E-state index contributed by atoms with van der Waals surface area (Å²) in [6, 6.07) is 5.04. The first-order chi connectivity index (χ1) is 8.09. The Morgan fingerprint density at radius 2 is 2.12 bits per heavy atom. The van der Waals surface area contributed by atoms with Crippen molar-refractivity contribution in [1.29, 1.82) is 0 Å². The van der Waals surface area contributed by atoms with Gasteiger partial charge in [0.1, 0.15) is 5.82 Å². The fraction of sp³-hybridized carbons (Fsp3) is 0.538. The third-order valence-corrected chi connectivity index (χ3v) is 3.80. The Hall–Kier alpha value is -0.450. The van der Waals surface area contributed by atoms with Crippen LogP contribution in [0.15, 0.2) is 22.7 Å². The maximum Gasteiger partial charge on any atom is 0.127 e. The molecule has 0 amide bonds. The molecule has 4 heteroatoms. The molecule has 1 aliphatic heterocycles. The van der Waals surface area contributed by atoms with Crippen LogP contribution in [0, 0.1) is 5.82 Å². The highest BCUT2D eigenvalue weighted by atomic mass is 79.9. The molecule has 94 valence electrons. The zero-order valence-electron chi connectivity index (χ0n) is 9.93. The summed E-state index contributed by atoms with van der Waals surface area (Å²) in [7, 11) is 0. The monoisotopic (exact) mass is 301 g/mol. The van der Waals surface area contributed by atoms with Crippen molar-refractivity contribution in [1.82, 2.24) is 5.32 Å². The van der Waals surface area contributed by atoms with E-state index in [0.717, 1.165) is 30.5 Å². The van der Waals surface area contributed by atoms with Gasteiger partial charge in [-0.05, 0) is 38.0 Å². The molecule has 0 bridgehead atoms. The second-order valence-corrected chi connectivity index (χ2v) is 5.68. The van der Waals surface area contributed by atoms with Crippen LogP contribution in [0.5, 0.6) is 0 Å². The predicted octanol–water partition coefficient (Wildman–Crippen LogP) is 3.25. The van der Waals surface area contributed by atoms with Gasteiger partial charge >= 0.3 is 0 Å². The maximum atomic E-state index is 13.6. The summed E-state index contributed by atoms with van der Waals surface area (Å²) < 4.78 is 19.8. The molecule has 0 saturated carbocycles. The zero-order chi connectivity index (χ0) is 12.3. The first-order valence-electron chi connectivity index (χ1n) is 5.86. The van der Waals surface area contributed by atoms with E-state index < -0.39 is 0 Å². The van der Waals surface area contributed by atoms with Crippen molar-refractivity contribution in [2.75, 3.05) is 13.2 Å². The molecule has 2 nitrogen and oxygen atoms in total. The minimum atomic E-state index is -0.156. The molecular formula is C13H17BrFNO. The fourth-order valence-corrected chi connectivity index (χ4v) is 2.39. The van der Waals surface area contributed by atoms with Crippen LogP contribution in [0.4, 0.5) is 4.39 Å². The molecule has 1 aromatic carbocycles. The third-order valence-electron chi connectivity index (χ3n) is 3.31. The molecule has 1 aromatic rings. The van der Waals surface area contributed by atoms with Crippen molar-refractivity contribution < 1.29 is 9.13 Å².